The molecular formula is C10H14N4. The van der Waals surface area contributed by atoms with E-state index in [1.54, 1.807) is 6.07 Å². The topological polar surface area (TPSA) is 67.6 Å². The first-order valence-electron chi connectivity index (χ1n) is 4.76. The summed E-state index contributed by atoms with van der Waals surface area (Å²) in [7, 11) is 0. The lowest BCUT2D eigenvalue weighted by Crippen LogP contribution is -1.95. The van der Waals surface area contributed by atoms with Crippen molar-refractivity contribution in [2.24, 2.45) is 5.92 Å². The van der Waals surface area contributed by atoms with Crippen LogP contribution >= 0.6 is 0 Å². The van der Waals surface area contributed by atoms with Gasteiger partial charge in [-0.3, -0.25) is 0 Å². The van der Waals surface area contributed by atoms with E-state index in [0.717, 1.165) is 17.8 Å². The Morgan fingerprint density at radius 3 is 2.86 bits per heavy atom. The Bertz CT molecular complexity index is 444. The van der Waals surface area contributed by atoms with Crippen LogP contribution in [0.1, 0.15) is 19.7 Å². The molecule has 2 aromatic heterocycles. The number of H-pyrrole nitrogens is 1. The third-order valence-electron chi connectivity index (χ3n) is 2.02. The normalized spacial score (nSPS) is 11.4. The third-order valence-corrected chi connectivity index (χ3v) is 2.02. The van der Waals surface area contributed by atoms with Crippen LogP contribution in [0.25, 0.3) is 11.2 Å². The van der Waals surface area contributed by atoms with Crippen LogP contribution in [0.2, 0.25) is 0 Å². The summed E-state index contributed by atoms with van der Waals surface area (Å²) in [5.74, 6) is 2.08. The lowest BCUT2D eigenvalue weighted by atomic mass is 10.1. The van der Waals surface area contributed by atoms with E-state index in [9.17, 15) is 0 Å². The predicted octanol–water partition coefficient (Wildman–Crippen LogP) is 1.74. The summed E-state index contributed by atoms with van der Waals surface area (Å²) in [6.45, 7) is 4.32. The molecule has 2 aromatic rings. The molecule has 0 unspecified atom stereocenters. The number of hydrogen-bond donors (Lipinski definition) is 2. The van der Waals surface area contributed by atoms with Gasteiger partial charge in [-0.25, -0.2) is 9.97 Å². The van der Waals surface area contributed by atoms with Crippen molar-refractivity contribution < 1.29 is 0 Å². The first-order chi connectivity index (χ1) is 6.65. The van der Waals surface area contributed by atoms with Crippen molar-refractivity contribution in [3.63, 3.8) is 0 Å². The molecule has 0 saturated heterocycles. The van der Waals surface area contributed by atoms with E-state index in [-0.39, 0.29) is 0 Å². The van der Waals surface area contributed by atoms with Gasteiger partial charge in [0.15, 0.2) is 5.65 Å². The quantitative estimate of drug-likeness (QED) is 0.757. The summed E-state index contributed by atoms with van der Waals surface area (Å²) >= 11 is 0. The summed E-state index contributed by atoms with van der Waals surface area (Å²) in [6.07, 6.45) is 0.941. The molecule has 74 valence electrons. The van der Waals surface area contributed by atoms with Gasteiger partial charge in [0, 0.05) is 6.42 Å². The Labute approximate surface area is 82.6 Å². The summed E-state index contributed by atoms with van der Waals surface area (Å²) in [5.41, 5.74) is 7.23. The molecule has 3 N–H and O–H groups in total. The number of nitrogens with one attached hydrogen (secondary N) is 1. The van der Waals surface area contributed by atoms with E-state index in [4.69, 9.17) is 5.73 Å². The van der Waals surface area contributed by atoms with Crippen molar-refractivity contribution in [3.05, 3.63) is 18.0 Å². The van der Waals surface area contributed by atoms with Gasteiger partial charge in [-0.2, -0.15) is 0 Å². The number of imidazole rings is 1. The van der Waals surface area contributed by atoms with Crippen LogP contribution in [-0.2, 0) is 6.42 Å². The number of aromatic amines is 1. The molecule has 0 aromatic carbocycles. The zero-order valence-electron chi connectivity index (χ0n) is 8.41. The molecule has 4 nitrogen and oxygen atoms in total. The minimum Gasteiger partial charge on any atom is -0.384 e. The summed E-state index contributed by atoms with van der Waals surface area (Å²) in [5, 5.41) is 0. The van der Waals surface area contributed by atoms with Crippen molar-refractivity contribution in [2.75, 3.05) is 5.73 Å². The highest BCUT2D eigenvalue weighted by molar-refractivity contribution is 5.72. The SMILES string of the molecule is CC(C)Cc1nc2nc(N)ccc2[nH]1. The van der Waals surface area contributed by atoms with E-state index in [1.807, 2.05) is 6.07 Å². The van der Waals surface area contributed by atoms with Gasteiger partial charge in [0.2, 0.25) is 0 Å². The zero-order valence-corrected chi connectivity index (χ0v) is 8.41. The van der Waals surface area contributed by atoms with Gasteiger partial charge < -0.3 is 10.7 Å². The van der Waals surface area contributed by atoms with Crippen LogP contribution < -0.4 is 5.73 Å². The number of aromatic nitrogens is 3. The van der Waals surface area contributed by atoms with Crippen LogP contribution in [0.4, 0.5) is 5.82 Å². The Morgan fingerprint density at radius 2 is 2.14 bits per heavy atom. The number of nitrogens with two attached hydrogens (primary N) is 1. The maximum absolute atomic E-state index is 5.57. The average Bonchev–Trinajstić information content (AvgIpc) is 2.44. The van der Waals surface area contributed by atoms with Gasteiger partial charge in [0.1, 0.15) is 11.6 Å². The highest BCUT2D eigenvalue weighted by Gasteiger charge is 2.05. The monoisotopic (exact) mass is 190 g/mol. The number of nitrogen functional groups attached to an aromatic ring is 1. The van der Waals surface area contributed by atoms with Gasteiger partial charge in [-0.1, -0.05) is 13.8 Å². The molecule has 4 heteroatoms. The minimum absolute atomic E-state index is 0.514. The molecule has 0 aliphatic carbocycles. The predicted molar refractivity (Wildman–Crippen MR) is 56.8 cm³/mol. The van der Waals surface area contributed by atoms with Crippen LogP contribution in [-0.4, -0.2) is 15.0 Å². The smallest absolute Gasteiger partial charge is 0.179 e. The lowest BCUT2D eigenvalue weighted by molar-refractivity contribution is 0.627. The standard InChI is InChI=1S/C10H14N4/c1-6(2)5-9-12-7-3-4-8(11)13-10(7)14-9/h3-4,6H,5H2,1-2H3,(H3,11,12,13,14). The van der Waals surface area contributed by atoms with Gasteiger partial charge in [0.25, 0.3) is 0 Å². The largest absolute Gasteiger partial charge is 0.384 e. The molecule has 0 radical (unpaired) electrons. The summed E-state index contributed by atoms with van der Waals surface area (Å²) in [4.78, 5) is 11.7. The van der Waals surface area contributed by atoms with Gasteiger partial charge in [-0.15, -0.1) is 0 Å². The Morgan fingerprint density at radius 1 is 1.36 bits per heavy atom. The first kappa shape index (κ1) is 8.99. The molecule has 0 fully saturated rings. The molecule has 14 heavy (non-hydrogen) atoms. The lowest BCUT2D eigenvalue weighted by Gasteiger charge is -1.98. The third kappa shape index (κ3) is 1.69. The van der Waals surface area contributed by atoms with E-state index in [1.165, 1.54) is 0 Å². The van der Waals surface area contributed by atoms with Crippen LogP contribution in [0, 0.1) is 5.92 Å². The molecule has 0 bridgehead atoms. The second-order valence-corrected chi connectivity index (χ2v) is 3.89. The second-order valence-electron chi connectivity index (χ2n) is 3.89. The van der Waals surface area contributed by atoms with Crippen molar-refractivity contribution in [3.8, 4) is 0 Å². The number of hydrogen-bond acceptors (Lipinski definition) is 3. The Balaban J connectivity index is 2.41. The molecule has 2 rings (SSSR count). The van der Waals surface area contributed by atoms with Crippen molar-refractivity contribution >= 4 is 17.0 Å². The van der Waals surface area contributed by atoms with Crippen molar-refractivity contribution in [1.29, 1.82) is 0 Å². The van der Waals surface area contributed by atoms with Gasteiger partial charge in [-0.05, 0) is 18.1 Å². The molecular weight excluding hydrogens is 176 g/mol. The number of nitrogens with zero attached hydrogens (tertiary/aromatic N) is 2. The number of pyridine rings is 1. The molecule has 2 heterocycles. The second kappa shape index (κ2) is 3.29. The van der Waals surface area contributed by atoms with Crippen molar-refractivity contribution in [2.45, 2.75) is 20.3 Å². The average molecular weight is 190 g/mol. The number of anilines is 1. The Kier molecular flexibility index (Phi) is 2.11. The molecule has 0 amide bonds. The van der Waals surface area contributed by atoms with Crippen LogP contribution in [0.5, 0.6) is 0 Å². The van der Waals surface area contributed by atoms with Gasteiger partial charge in [0.05, 0.1) is 5.52 Å². The van der Waals surface area contributed by atoms with E-state index in [0.29, 0.717) is 17.4 Å². The fourth-order valence-electron chi connectivity index (χ4n) is 1.44. The maximum atomic E-state index is 5.57. The van der Waals surface area contributed by atoms with Crippen LogP contribution in [0.15, 0.2) is 12.1 Å². The number of fused-ring (bicyclic) bond motifs is 1. The minimum atomic E-state index is 0.514. The Hall–Kier alpha value is -1.58. The fourth-order valence-corrected chi connectivity index (χ4v) is 1.44. The molecule has 0 saturated carbocycles. The van der Waals surface area contributed by atoms with E-state index in [2.05, 4.69) is 28.8 Å². The van der Waals surface area contributed by atoms with Crippen LogP contribution in [0.3, 0.4) is 0 Å². The molecule has 0 aliphatic heterocycles. The summed E-state index contributed by atoms with van der Waals surface area (Å²) in [6, 6.07) is 3.69. The fraction of sp³-hybridized carbons (Fsp3) is 0.400. The van der Waals surface area contributed by atoms with E-state index >= 15 is 0 Å². The van der Waals surface area contributed by atoms with Gasteiger partial charge >= 0.3 is 0 Å². The highest BCUT2D eigenvalue weighted by Crippen LogP contribution is 2.12. The molecule has 0 aliphatic rings. The molecule has 0 spiro atoms. The summed E-state index contributed by atoms with van der Waals surface area (Å²) < 4.78 is 0. The first-order valence-corrected chi connectivity index (χ1v) is 4.76. The molecule has 0 atom stereocenters. The van der Waals surface area contributed by atoms with E-state index < -0.39 is 0 Å². The number of rotatable bonds is 2. The highest BCUT2D eigenvalue weighted by atomic mass is 15.0. The maximum Gasteiger partial charge on any atom is 0.179 e. The zero-order chi connectivity index (χ0) is 10.1. The van der Waals surface area contributed by atoms with Crippen molar-refractivity contribution in [1.82, 2.24) is 15.0 Å².